The molecule has 0 saturated carbocycles. The van der Waals surface area contributed by atoms with E-state index in [1.807, 2.05) is 36.4 Å². The van der Waals surface area contributed by atoms with Crippen LogP contribution in [0.3, 0.4) is 0 Å². The van der Waals surface area contributed by atoms with E-state index < -0.39 is 0 Å². The van der Waals surface area contributed by atoms with Crippen molar-refractivity contribution in [2.45, 2.75) is 0 Å². The zero-order chi connectivity index (χ0) is 14.1. The maximum absolute atomic E-state index is 12.0. The van der Waals surface area contributed by atoms with Crippen molar-refractivity contribution in [1.82, 2.24) is 10.4 Å². The summed E-state index contributed by atoms with van der Waals surface area (Å²) in [4.78, 5) is 15.1. The molecule has 100 valence electrons. The summed E-state index contributed by atoms with van der Waals surface area (Å²) in [5, 5.41) is 1.62. The number of aromatic amines is 1. The zero-order valence-electron chi connectivity index (χ0n) is 10.5. The number of carbonyl (C=O) groups excluding carboxylic acids is 1. The number of carbonyl (C=O) groups is 1. The van der Waals surface area contributed by atoms with Gasteiger partial charge in [-0.1, -0.05) is 41.9 Å². The third-order valence-corrected chi connectivity index (χ3v) is 3.45. The van der Waals surface area contributed by atoms with Gasteiger partial charge in [-0.25, -0.2) is 5.84 Å². The summed E-state index contributed by atoms with van der Waals surface area (Å²) in [5.74, 6) is 4.90. The quantitative estimate of drug-likeness (QED) is 0.385. The molecule has 1 amide bonds. The normalized spacial score (nSPS) is 10.7. The van der Waals surface area contributed by atoms with Gasteiger partial charge in [-0.15, -0.1) is 0 Å². The monoisotopic (exact) mass is 285 g/mol. The van der Waals surface area contributed by atoms with Crippen LogP contribution in [0.5, 0.6) is 0 Å². The molecule has 3 rings (SSSR count). The summed E-state index contributed by atoms with van der Waals surface area (Å²) >= 11 is 5.91. The number of halogens is 1. The van der Waals surface area contributed by atoms with E-state index in [-0.39, 0.29) is 5.91 Å². The molecular formula is C15H12ClN3O. The molecule has 1 heterocycles. The lowest BCUT2D eigenvalue weighted by atomic mass is 10.0. The highest BCUT2D eigenvalue weighted by Crippen LogP contribution is 2.32. The van der Waals surface area contributed by atoms with E-state index in [2.05, 4.69) is 10.4 Å². The summed E-state index contributed by atoms with van der Waals surface area (Å²) in [7, 11) is 0. The van der Waals surface area contributed by atoms with E-state index in [0.717, 1.165) is 22.0 Å². The summed E-state index contributed by atoms with van der Waals surface area (Å²) < 4.78 is 0. The van der Waals surface area contributed by atoms with Crippen LogP contribution in [-0.4, -0.2) is 10.9 Å². The second-order valence-corrected chi connectivity index (χ2v) is 4.84. The average Bonchev–Trinajstić information content (AvgIpc) is 2.87. The molecule has 0 radical (unpaired) electrons. The molecule has 5 heteroatoms. The first kappa shape index (κ1) is 12.7. The molecule has 3 aromatic rings. The van der Waals surface area contributed by atoms with Crippen molar-refractivity contribution in [3.63, 3.8) is 0 Å². The number of rotatable bonds is 2. The molecule has 0 aliphatic rings. The van der Waals surface area contributed by atoms with Crippen LogP contribution in [0.2, 0.25) is 5.02 Å². The van der Waals surface area contributed by atoms with Gasteiger partial charge in [0, 0.05) is 21.5 Å². The largest absolute Gasteiger partial charge is 0.350 e. The van der Waals surface area contributed by atoms with Gasteiger partial charge in [0.05, 0.1) is 0 Å². The third kappa shape index (κ3) is 2.05. The fourth-order valence-electron chi connectivity index (χ4n) is 2.30. The van der Waals surface area contributed by atoms with Gasteiger partial charge in [0.15, 0.2) is 0 Å². The van der Waals surface area contributed by atoms with Gasteiger partial charge in [-0.05, 0) is 23.8 Å². The maximum Gasteiger partial charge on any atom is 0.282 e. The first-order valence-electron chi connectivity index (χ1n) is 6.08. The van der Waals surface area contributed by atoms with Crippen LogP contribution in [0.15, 0.2) is 48.5 Å². The summed E-state index contributed by atoms with van der Waals surface area (Å²) in [6.07, 6.45) is 0. The van der Waals surface area contributed by atoms with E-state index in [1.54, 1.807) is 12.1 Å². The van der Waals surface area contributed by atoms with Crippen molar-refractivity contribution in [2.75, 3.05) is 0 Å². The smallest absolute Gasteiger partial charge is 0.282 e. The molecular weight excluding hydrogens is 274 g/mol. The van der Waals surface area contributed by atoms with E-state index >= 15 is 0 Å². The number of hydrogen-bond acceptors (Lipinski definition) is 2. The van der Waals surface area contributed by atoms with E-state index in [1.165, 1.54) is 0 Å². The van der Waals surface area contributed by atoms with Gasteiger partial charge in [0.2, 0.25) is 0 Å². The number of nitrogen functional groups attached to an aromatic ring is 1. The Bertz CT molecular complexity index is 777. The summed E-state index contributed by atoms with van der Waals surface area (Å²) in [6, 6.07) is 15.1. The van der Waals surface area contributed by atoms with Crippen molar-refractivity contribution in [1.29, 1.82) is 0 Å². The third-order valence-electron chi connectivity index (χ3n) is 3.20. The molecule has 1 aromatic heterocycles. The highest BCUT2D eigenvalue weighted by molar-refractivity contribution is 6.30. The minimum atomic E-state index is -0.355. The van der Waals surface area contributed by atoms with Crippen LogP contribution in [0, 0.1) is 0 Å². The molecule has 0 fully saturated rings. The van der Waals surface area contributed by atoms with Crippen LogP contribution in [0.25, 0.3) is 22.0 Å². The molecule has 4 N–H and O–H groups in total. The first-order valence-corrected chi connectivity index (χ1v) is 6.46. The lowest BCUT2D eigenvalue weighted by molar-refractivity contribution is 0.0950. The average molecular weight is 286 g/mol. The second-order valence-electron chi connectivity index (χ2n) is 4.40. The highest BCUT2D eigenvalue weighted by atomic mass is 35.5. The Morgan fingerprint density at radius 3 is 2.50 bits per heavy atom. The van der Waals surface area contributed by atoms with E-state index in [0.29, 0.717) is 10.7 Å². The number of hydrazine groups is 1. The zero-order valence-corrected chi connectivity index (χ0v) is 11.2. The maximum atomic E-state index is 12.0. The number of hydrogen-bond donors (Lipinski definition) is 3. The molecule has 20 heavy (non-hydrogen) atoms. The van der Waals surface area contributed by atoms with E-state index in [9.17, 15) is 4.79 Å². The minimum Gasteiger partial charge on any atom is -0.350 e. The number of H-pyrrole nitrogens is 1. The van der Waals surface area contributed by atoms with Gasteiger partial charge in [-0.2, -0.15) is 0 Å². The Morgan fingerprint density at radius 2 is 1.80 bits per heavy atom. The number of para-hydroxylation sites is 1. The fourth-order valence-corrected chi connectivity index (χ4v) is 2.43. The number of benzene rings is 2. The van der Waals surface area contributed by atoms with Crippen LogP contribution in [0.4, 0.5) is 0 Å². The predicted octanol–water partition coefficient (Wildman–Crippen LogP) is 3.09. The molecule has 2 aromatic carbocycles. The van der Waals surface area contributed by atoms with Crippen molar-refractivity contribution < 1.29 is 4.79 Å². The number of nitrogens with one attached hydrogen (secondary N) is 2. The predicted molar refractivity (Wildman–Crippen MR) is 80.4 cm³/mol. The standard InChI is InChI=1S/C15H12ClN3O/c16-10-7-5-9(6-8-10)13-11-3-1-2-4-12(11)18-14(13)15(20)19-17/h1-8,18H,17H2,(H,19,20). The molecule has 0 saturated heterocycles. The summed E-state index contributed by atoms with van der Waals surface area (Å²) in [6.45, 7) is 0. The van der Waals surface area contributed by atoms with Gasteiger partial charge < -0.3 is 4.98 Å². The van der Waals surface area contributed by atoms with E-state index in [4.69, 9.17) is 17.4 Å². The Morgan fingerprint density at radius 1 is 1.10 bits per heavy atom. The number of nitrogens with two attached hydrogens (primary N) is 1. The SMILES string of the molecule is NNC(=O)c1[nH]c2ccccc2c1-c1ccc(Cl)cc1. The fraction of sp³-hybridized carbons (Fsp3) is 0. The number of aromatic nitrogens is 1. The molecule has 0 aliphatic heterocycles. The van der Waals surface area contributed by atoms with Gasteiger partial charge in [-0.3, -0.25) is 10.2 Å². The van der Waals surface area contributed by atoms with Crippen molar-refractivity contribution in [3.05, 3.63) is 59.2 Å². The first-order chi connectivity index (χ1) is 9.70. The lowest BCUT2D eigenvalue weighted by Gasteiger charge is -2.04. The highest BCUT2D eigenvalue weighted by Gasteiger charge is 2.18. The van der Waals surface area contributed by atoms with Crippen LogP contribution < -0.4 is 11.3 Å². The second kappa shape index (κ2) is 5.00. The minimum absolute atomic E-state index is 0.355. The Hall–Kier alpha value is -2.30. The van der Waals surface area contributed by atoms with Gasteiger partial charge in [0.25, 0.3) is 5.91 Å². The van der Waals surface area contributed by atoms with Crippen LogP contribution in [0.1, 0.15) is 10.5 Å². The van der Waals surface area contributed by atoms with Crippen LogP contribution in [-0.2, 0) is 0 Å². The molecule has 0 atom stereocenters. The molecule has 0 aliphatic carbocycles. The summed E-state index contributed by atoms with van der Waals surface area (Å²) in [5.41, 5.74) is 5.22. The molecule has 0 unspecified atom stereocenters. The van der Waals surface area contributed by atoms with Gasteiger partial charge in [0.1, 0.15) is 5.69 Å². The number of amides is 1. The molecule has 4 nitrogen and oxygen atoms in total. The molecule has 0 bridgehead atoms. The Balaban J connectivity index is 2.31. The van der Waals surface area contributed by atoms with Crippen molar-refractivity contribution >= 4 is 28.4 Å². The number of fused-ring (bicyclic) bond motifs is 1. The van der Waals surface area contributed by atoms with Crippen molar-refractivity contribution in [3.8, 4) is 11.1 Å². The Labute approximate surface area is 120 Å². The van der Waals surface area contributed by atoms with Crippen LogP contribution >= 0.6 is 11.6 Å². The molecule has 0 spiro atoms. The lowest BCUT2D eigenvalue weighted by Crippen LogP contribution is -2.30. The Kier molecular flexibility index (Phi) is 3.18. The topological polar surface area (TPSA) is 70.9 Å². The van der Waals surface area contributed by atoms with Gasteiger partial charge >= 0.3 is 0 Å². The van der Waals surface area contributed by atoms with Crippen molar-refractivity contribution in [2.24, 2.45) is 5.84 Å².